The van der Waals surface area contributed by atoms with E-state index in [1.807, 2.05) is 0 Å². The molecule has 0 heterocycles. The summed E-state index contributed by atoms with van der Waals surface area (Å²) in [5, 5.41) is 0. The molecule has 0 radical (unpaired) electrons. The molecule has 0 spiro atoms. The van der Waals surface area contributed by atoms with E-state index in [9.17, 15) is 4.79 Å². The van der Waals surface area contributed by atoms with Gasteiger partial charge in [0.05, 0.1) is 6.61 Å². The molecule has 0 aromatic heterocycles. The van der Waals surface area contributed by atoms with Gasteiger partial charge in [-0.15, -0.1) is 0 Å². The lowest BCUT2D eigenvalue weighted by Gasteiger charge is -2.33. The first kappa shape index (κ1) is 12.1. The standard InChI is InChI=1S/C12H21NO2/c1-3-15-11(14)9-10(13)12(2)7-5-4-6-8-12/h9H,3-8,13H2,1-2H3. The molecule has 0 amide bonds. The van der Waals surface area contributed by atoms with E-state index >= 15 is 0 Å². The van der Waals surface area contributed by atoms with Gasteiger partial charge in [-0.25, -0.2) is 4.79 Å². The van der Waals surface area contributed by atoms with Crippen LogP contribution in [0.3, 0.4) is 0 Å². The summed E-state index contributed by atoms with van der Waals surface area (Å²) in [4.78, 5) is 11.3. The Labute approximate surface area is 91.7 Å². The molecular weight excluding hydrogens is 190 g/mol. The lowest BCUT2D eigenvalue weighted by molar-refractivity contribution is -0.137. The third-order valence-electron chi connectivity index (χ3n) is 3.21. The maximum Gasteiger partial charge on any atom is 0.332 e. The third kappa shape index (κ3) is 3.26. The zero-order valence-electron chi connectivity index (χ0n) is 9.71. The van der Waals surface area contributed by atoms with Crippen molar-refractivity contribution in [1.29, 1.82) is 0 Å². The van der Waals surface area contributed by atoms with Crippen molar-refractivity contribution in [2.24, 2.45) is 11.1 Å². The summed E-state index contributed by atoms with van der Waals surface area (Å²) < 4.78 is 4.85. The van der Waals surface area contributed by atoms with E-state index in [1.54, 1.807) is 6.92 Å². The Hall–Kier alpha value is -0.990. The van der Waals surface area contributed by atoms with E-state index in [0.717, 1.165) is 12.8 Å². The molecule has 1 aliphatic rings. The minimum Gasteiger partial charge on any atom is -0.463 e. The van der Waals surface area contributed by atoms with Crippen LogP contribution in [-0.2, 0) is 9.53 Å². The Balaban J connectivity index is 2.64. The largest absolute Gasteiger partial charge is 0.463 e. The molecule has 2 N–H and O–H groups in total. The molecule has 0 aromatic carbocycles. The van der Waals surface area contributed by atoms with Gasteiger partial charge < -0.3 is 10.5 Å². The van der Waals surface area contributed by atoms with Crippen molar-refractivity contribution in [2.45, 2.75) is 46.0 Å². The Kier molecular flexibility index (Phi) is 4.18. The second-order valence-corrected chi connectivity index (χ2v) is 4.47. The van der Waals surface area contributed by atoms with Crippen LogP contribution in [0.2, 0.25) is 0 Å². The van der Waals surface area contributed by atoms with Crippen LogP contribution in [0.4, 0.5) is 0 Å². The Bertz CT molecular complexity index is 252. The number of carbonyl (C=O) groups is 1. The second kappa shape index (κ2) is 5.19. The Morgan fingerprint density at radius 2 is 2.00 bits per heavy atom. The second-order valence-electron chi connectivity index (χ2n) is 4.47. The van der Waals surface area contributed by atoms with Crippen LogP contribution in [0.5, 0.6) is 0 Å². The minimum absolute atomic E-state index is 0.00497. The molecule has 1 rings (SSSR count). The van der Waals surface area contributed by atoms with Crippen LogP contribution in [0.25, 0.3) is 0 Å². The van der Waals surface area contributed by atoms with Gasteiger partial charge in [0.25, 0.3) is 0 Å². The number of ether oxygens (including phenoxy) is 1. The maximum absolute atomic E-state index is 11.3. The number of hydrogen-bond donors (Lipinski definition) is 1. The summed E-state index contributed by atoms with van der Waals surface area (Å²) in [7, 11) is 0. The highest BCUT2D eigenvalue weighted by atomic mass is 16.5. The molecule has 86 valence electrons. The van der Waals surface area contributed by atoms with Crippen molar-refractivity contribution in [3.63, 3.8) is 0 Å². The summed E-state index contributed by atoms with van der Waals surface area (Å²) in [5.74, 6) is -0.318. The fraction of sp³-hybridized carbons (Fsp3) is 0.750. The minimum atomic E-state index is -0.318. The molecule has 15 heavy (non-hydrogen) atoms. The highest BCUT2D eigenvalue weighted by Crippen LogP contribution is 2.39. The zero-order chi connectivity index (χ0) is 11.3. The van der Waals surface area contributed by atoms with Crippen molar-refractivity contribution in [2.75, 3.05) is 6.61 Å². The molecule has 1 fully saturated rings. The first-order valence-electron chi connectivity index (χ1n) is 5.73. The molecule has 0 unspecified atom stereocenters. The smallest absolute Gasteiger partial charge is 0.332 e. The fourth-order valence-electron chi connectivity index (χ4n) is 2.11. The number of nitrogens with two attached hydrogens (primary N) is 1. The topological polar surface area (TPSA) is 52.3 Å². The predicted molar refractivity (Wildman–Crippen MR) is 60.1 cm³/mol. The molecular formula is C12H21NO2. The average molecular weight is 211 g/mol. The van der Waals surface area contributed by atoms with Crippen LogP contribution in [0, 0.1) is 5.41 Å². The van der Waals surface area contributed by atoms with E-state index < -0.39 is 0 Å². The fourth-order valence-corrected chi connectivity index (χ4v) is 2.11. The highest BCUT2D eigenvalue weighted by molar-refractivity contribution is 5.82. The number of hydrogen-bond acceptors (Lipinski definition) is 3. The summed E-state index contributed by atoms with van der Waals surface area (Å²) >= 11 is 0. The van der Waals surface area contributed by atoms with Gasteiger partial charge in [-0.05, 0) is 19.8 Å². The zero-order valence-corrected chi connectivity index (χ0v) is 9.71. The van der Waals surface area contributed by atoms with Gasteiger partial charge in [0.1, 0.15) is 0 Å². The van der Waals surface area contributed by atoms with Crippen LogP contribution >= 0.6 is 0 Å². The predicted octanol–water partition coefficient (Wildman–Crippen LogP) is 2.36. The van der Waals surface area contributed by atoms with Gasteiger partial charge in [-0.2, -0.15) is 0 Å². The Morgan fingerprint density at radius 1 is 1.40 bits per heavy atom. The van der Waals surface area contributed by atoms with Gasteiger partial charge in [-0.1, -0.05) is 26.2 Å². The van der Waals surface area contributed by atoms with Crippen molar-refractivity contribution in [1.82, 2.24) is 0 Å². The molecule has 0 bridgehead atoms. The van der Waals surface area contributed by atoms with E-state index in [4.69, 9.17) is 10.5 Å². The lowest BCUT2D eigenvalue weighted by atomic mass is 9.73. The monoisotopic (exact) mass is 211 g/mol. The van der Waals surface area contributed by atoms with E-state index in [1.165, 1.54) is 25.3 Å². The number of allylic oxidation sites excluding steroid dienone is 1. The van der Waals surface area contributed by atoms with Gasteiger partial charge in [0.2, 0.25) is 0 Å². The average Bonchev–Trinajstić information content (AvgIpc) is 2.19. The van der Waals surface area contributed by atoms with E-state index in [2.05, 4.69) is 6.92 Å². The molecule has 1 saturated carbocycles. The van der Waals surface area contributed by atoms with Crippen molar-refractivity contribution in [3.8, 4) is 0 Å². The Morgan fingerprint density at radius 3 is 2.53 bits per heavy atom. The van der Waals surface area contributed by atoms with Gasteiger partial charge in [-0.3, -0.25) is 0 Å². The molecule has 1 aliphatic carbocycles. The van der Waals surface area contributed by atoms with Gasteiger partial charge >= 0.3 is 5.97 Å². The lowest BCUT2D eigenvalue weighted by Crippen LogP contribution is -2.28. The van der Waals surface area contributed by atoms with Crippen LogP contribution < -0.4 is 5.73 Å². The first-order chi connectivity index (χ1) is 7.08. The number of esters is 1. The summed E-state index contributed by atoms with van der Waals surface area (Å²) in [6, 6.07) is 0. The summed E-state index contributed by atoms with van der Waals surface area (Å²) in [6.07, 6.45) is 7.29. The van der Waals surface area contributed by atoms with Crippen LogP contribution in [0.15, 0.2) is 11.8 Å². The van der Waals surface area contributed by atoms with Gasteiger partial charge in [0, 0.05) is 17.2 Å². The maximum atomic E-state index is 11.3. The quantitative estimate of drug-likeness (QED) is 0.576. The first-order valence-corrected chi connectivity index (χ1v) is 5.73. The van der Waals surface area contributed by atoms with Crippen molar-refractivity contribution < 1.29 is 9.53 Å². The SMILES string of the molecule is CCOC(=O)C=C(N)C1(C)CCCCC1. The molecule has 0 aromatic rings. The van der Waals surface area contributed by atoms with Crippen LogP contribution in [0.1, 0.15) is 46.0 Å². The normalized spacial score (nSPS) is 21.1. The van der Waals surface area contributed by atoms with E-state index in [-0.39, 0.29) is 11.4 Å². The molecule has 0 aliphatic heterocycles. The molecule has 3 heteroatoms. The third-order valence-corrected chi connectivity index (χ3v) is 3.21. The molecule has 0 atom stereocenters. The van der Waals surface area contributed by atoms with Crippen molar-refractivity contribution in [3.05, 3.63) is 11.8 Å². The molecule has 3 nitrogen and oxygen atoms in total. The molecule has 0 saturated heterocycles. The van der Waals surface area contributed by atoms with Crippen LogP contribution in [-0.4, -0.2) is 12.6 Å². The summed E-state index contributed by atoms with van der Waals surface area (Å²) in [6.45, 7) is 4.33. The number of rotatable bonds is 3. The summed E-state index contributed by atoms with van der Waals surface area (Å²) in [5.41, 5.74) is 6.66. The van der Waals surface area contributed by atoms with Gasteiger partial charge in [0.15, 0.2) is 0 Å². The van der Waals surface area contributed by atoms with Crippen molar-refractivity contribution >= 4 is 5.97 Å². The number of carbonyl (C=O) groups excluding carboxylic acids is 1. The highest BCUT2D eigenvalue weighted by Gasteiger charge is 2.29. The van der Waals surface area contributed by atoms with E-state index in [0.29, 0.717) is 12.3 Å².